The van der Waals surface area contributed by atoms with Crippen LogP contribution in [0.3, 0.4) is 0 Å². The second kappa shape index (κ2) is 9.11. The lowest BCUT2D eigenvalue weighted by Gasteiger charge is -2.34. The molecule has 6 nitrogen and oxygen atoms in total. The zero-order chi connectivity index (χ0) is 20.1. The van der Waals surface area contributed by atoms with Crippen LogP contribution in [0.25, 0.3) is 23.1 Å². The first-order chi connectivity index (χ1) is 14.3. The summed E-state index contributed by atoms with van der Waals surface area (Å²) in [5.41, 5.74) is 2.83. The van der Waals surface area contributed by atoms with Gasteiger partial charge in [-0.1, -0.05) is 25.1 Å². The number of nitrogens with zero attached hydrogens (tertiary/aromatic N) is 3. The number of fused-ring (bicyclic) bond motifs is 1. The number of ether oxygens (including phenoxy) is 1. The van der Waals surface area contributed by atoms with Gasteiger partial charge in [-0.2, -0.15) is 0 Å². The number of rotatable bonds is 7. The molecule has 0 atom stereocenters. The van der Waals surface area contributed by atoms with Crippen molar-refractivity contribution in [3.63, 3.8) is 0 Å². The third-order valence-electron chi connectivity index (χ3n) is 5.24. The second-order valence-electron chi connectivity index (χ2n) is 7.11. The van der Waals surface area contributed by atoms with Gasteiger partial charge < -0.3 is 24.1 Å². The highest BCUT2D eigenvalue weighted by Gasteiger charge is 2.20. The van der Waals surface area contributed by atoms with Crippen LogP contribution in [-0.4, -0.2) is 60.9 Å². The van der Waals surface area contributed by atoms with Crippen molar-refractivity contribution in [2.75, 3.05) is 50.8 Å². The van der Waals surface area contributed by atoms with E-state index in [2.05, 4.69) is 22.8 Å². The number of furan rings is 1. The smallest absolute Gasteiger partial charge is 0.176 e. The van der Waals surface area contributed by atoms with Gasteiger partial charge in [-0.25, -0.2) is 4.98 Å². The maximum Gasteiger partial charge on any atom is 0.176 e. The topological polar surface area (TPSA) is 62.0 Å². The summed E-state index contributed by atoms with van der Waals surface area (Å²) in [5.74, 6) is 1.68. The molecule has 3 heterocycles. The number of likely N-dealkylation sites (N-methyl/N-ethyl adjacent to an activating group) is 1. The van der Waals surface area contributed by atoms with Crippen LogP contribution >= 0.6 is 0 Å². The Morgan fingerprint density at radius 1 is 1.10 bits per heavy atom. The predicted molar refractivity (Wildman–Crippen MR) is 116 cm³/mol. The summed E-state index contributed by atoms with van der Waals surface area (Å²) < 4.78 is 11.1. The lowest BCUT2D eigenvalue weighted by molar-refractivity contribution is 0.201. The lowest BCUT2D eigenvalue weighted by atomic mass is 10.1. The highest BCUT2D eigenvalue weighted by Crippen LogP contribution is 2.28. The van der Waals surface area contributed by atoms with E-state index in [1.807, 2.05) is 42.5 Å². The van der Waals surface area contributed by atoms with Gasteiger partial charge in [0, 0.05) is 31.6 Å². The SMILES string of the molecule is CCN1CCN(c2nc(C=Cc3ccc(OCCO)cc3)cc3ccoc23)CC1. The van der Waals surface area contributed by atoms with Crippen LogP contribution in [0.5, 0.6) is 5.75 Å². The fourth-order valence-corrected chi connectivity index (χ4v) is 3.58. The van der Waals surface area contributed by atoms with Gasteiger partial charge in [-0.3, -0.25) is 0 Å². The van der Waals surface area contributed by atoms with E-state index in [1.54, 1.807) is 6.26 Å². The first-order valence-corrected chi connectivity index (χ1v) is 10.1. The van der Waals surface area contributed by atoms with Crippen LogP contribution < -0.4 is 9.64 Å². The Morgan fingerprint density at radius 3 is 2.62 bits per heavy atom. The summed E-state index contributed by atoms with van der Waals surface area (Å²) >= 11 is 0. The molecular weight excluding hydrogens is 366 g/mol. The molecule has 0 bridgehead atoms. The second-order valence-corrected chi connectivity index (χ2v) is 7.11. The summed E-state index contributed by atoms with van der Waals surface area (Å²) in [6.07, 6.45) is 5.81. The zero-order valence-corrected chi connectivity index (χ0v) is 16.8. The molecule has 6 heteroatoms. The summed E-state index contributed by atoms with van der Waals surface area (Å²) in [6.45, 7) is 7.62. The van der Waals surface area contributed by atoms with Gasteiger partial charge in [0.05, 0.1) is 18.6 Å². The minimum Gasteiger partial charge on any atom is -0.491 e. The van der Waals surface area contributed by atoms with E-state index in [0.717, 1.165) is 66.5 Å². The molecule has 1 aliphatic heterocycles. The molecule has 1 N–H and O–H groups in total. The van der Waals surface area contributed by atoms with E-state index in [9.17, 15) is 0 Å². The largest absolute Gasteiger partial charge is 0.491 e. The molecule has 152 valence electrons. The van der Waals surface area contributed by atoms with Crippen LogP contribution in [0.2, 0.25) is 0 Å². The summed E-state index contributed by atoms with van der Waals surface area (Å²) in [7, 11) is 0. The molecule has 1 aromatic carbocycles. The Bertz CT molecular complexity index is 957. The van der Waals surface area contributed by atoms with Crippen LogP contribution in [-0.2, 0) is 0 Å². The van der Waals surface area contributed by atoms with Crippen molar-refractivity contribution in [1.29, 1.82) is 0 Å². The molecule has 0 aliphatic carbocycles. The van der Waals surface area contributed by atoms with Gasteiger partial charge in [-0.15, -0.1) is 0 Å². The molecule has 4 rings (SSSR count). The Kier molecular flexibility index (Phi) is 6.12. The molecule has 1 saturated heterocycles. The van der Waals surface area contributed by atoms with Crippen molar-refractivity contribution in [1.82, 2.24) is 9.88 Å². The van der Waals surface area contributed by atoms with E-state index < -0.39 is 0 Å². The van der Waals surface area contributed by atoms with Gasteiger partial charge >= 0.3 is 0 Å². The minimum atomic E-state index is 0.0135. The fourth-order valence-electron chi connectivity index (χ4n) is 3.58. The van der Waals surface area contributed by atoms with E-state index in [0.29, 0.717) is 6.61 Å². The Balaban J connectivity index is 1.54. The normalized spacial score (nSPS) is 15.4. The quantitative estimate of drug-likeness (QED) is 0.663. The highest BCUT2D eigenvalue weighted by atomic mass is 16.5. The summed E-state index contributed by atoms with van der Waals surface area (Å²) in [5, 5.41) is 9.91. The third kappa shape index (κ3) is 4.60. The summed E-state index contributed by atoms with van der Waals surface area (Å²) in [6, 6.07) is 11.8. The van der Waals surface area contributed by atoms with Crippen molar-refractivity contribution in [3.8, 4) is 5.75 Å². The molecule has 0 amide bonds. The molecule has 1 fully saturated rings. The third-order valence-corrected chi connectivity index (χ3v) is 5.24. The number of benzene rings is 1. The molecule has 29 heavy (non-hydrogen) atoms. The average molecular weight is 393 g/mol. The van der Waals surface area contributed by atoms with Crippen LogP contribution in [0.15, 0.2) is 47.1 Å². The van der Waals surface area contributed by atoms with E-state index in [4.69, 9.17) is 19.2 Å². The molecule has 0 spiro atoms. The number of aromatic nitrogens is 1. The molecule has 0 radical (unpaired) electrons. The van der Waals surface area contributed by atoms with Gasteiger partial charge in [0.15, 0.2) is 11.4 Å². The number of hydrogen-bond acceptors (Lipinski definition) is 6. The number of aliphatic hydroxyl groups excluding tert-OH is 1. The van der Waals surface area contributed by atoms with E-state index in [1.165, 1.54) is 0 Å². The zero-order valence-electron chi connectivity index (χ0n) is 16.8. The Hall–Kier alpha value is -2.83. The van der Waals surface area contributed by atoms with Crippen LogP contribution in [0, 0.1) is 0 Å². The molecule has 0 saturated carbocycles. The highest BCUT2D eigenvalue weighted by molar-refractivity contribution is 5.89. The predicted octanol–water partition coefficient (Wildman–Crippen LogP) is 3.51. The first kappa shape index (κ1) is 19.5. The molecule has 1 aliphatic rings. The van der Waals surface area contributed by atoms with Crippen molar-refractivity contribution in [2.45, 2.75) is 6.92 Å². The van der Waals surface area contributed by atoms with Gasteiger partial charge in [-0.05, 0) is 42.4 Å². The summed E-state index contributed by atoms with van der Waals surface area (Å²) in [4.78, 5) is 9.67. The van der Waals surface area contributed by atoms with Crippen molar-refractivity contribution >= 4 is 28.9 Å². The molecule has 0 unspecified atom stereocenters. The Morgan fingerprint density at radius 2 is 1.90 bits per heavy atom. The Labute approximate surface area is 171 Å². The van der Waals surface area contributed by atoms with Gasteiger partial charge in [0.2, 0.25) is 0 Å². The molecule has 2 aromatic heterocycles. The van der Waals surface area contributed by atoms with Gasteiger partial charge in [0.25, 0.3) is 0 Å². The van der Waals surface area contributed by atoms with Crippen LogP contribution in [0.1, 0.15) is 18.2 Å². The van der Waals surface area contributed by atoms with Crippen molar-refractivity contribution < 1.29 is 14.3 Å². The molecule has 3 aromatic rings. The minimum absolute atomic E-state index is 0.0135. The molecular formula is C23H27N3O3. The van der Waals surface area contributed by atoms with Gasteiger partial charge in [0.1, 0.15) is 12.4 Å². The fraction of sp³-hybridized carbons (Fsp3) is 0.348. The monoisotopic (exact) mass is 393 g/mol. The number of aliphatic hydroxyl groups is 1. The van der Waals surface area contributed by atoms with Crippen molar-refractivity contribution in [3.05, 3.63) is 53.9 Å². The van der Waals surface area contributed by atoms with E-state index >= 15 is 0 Å². The lowest BCUT2D eigenvalue weighted by Crippen LogP contribution is -2.46. The number of pyridine rings is 1. The van der Waals surface area contributed by atoms with E-state index in [-0.39, 0.29) is 6.61 Å². The van der Waals surface area contributed by atoms with Crippen LogP contribution in [0.4, 0.5) is 5.82 Å². The maximum atomic E-state index is 8.84. The number of anilines is 1. The van der Waals surface area contributed by atoms with Crippen molar-refractivity contribution in [2.24, 2.45) is 0 Å². The maximum absolute atomic E-state index is 8.84. The average Bonchev–Trinajstić information content (AvgIpc) is 3.25. The number of piperazine rings is 1. The number of hydrogen-bond donors (Lipinski definition) is 1. The standard InChI is InChI=1S/C23H27N3O3/c1-2-25-10-12-26(13-11-25)23-22-19(9-15-29-22)17-20(24-23)6-3-18-4-7-21(8-5-18)28-16-14-27/h3-9,15,17,27H,2,10-14,16H2,1H3. The first-order valence-electron chi connectivity index (χ1n) is 10.1.